The van der Waals surface area contributed by atoms with Crippen molar-refractivity contribution in [3.63, 3.8) is 0 Å². The zero-order valence-corrected chi connectivity index (χ0v) is 11.9. The fourth-order valence-electron chi connectivity index (χ4n) is 1.15. The second-order valence-corrected chi connectivity index (χ2v) is 7.03. The van der Waals surface area contributed by atoms with Gasteiger partial charge in [-0.3, -0.25) is 0 Å². The first-order valence-corrected chi connectivity index (χ1v) is 8.13. The van der Waals surface area contributed by atoms with Crippen molar-refractivity contribution in [1.82, 2.24) is 0 Å². The third-order valence-corrected chi connectivity index (χ3v) is 4.00. The summed E-state index contributed by atoms with van der Waals surface area (Å²) in [4.78, 5) is 0. The molecule has 1 aromatic carbocycles. The second kappa shape index (κ2) is 6.69. The topological polar surface area (TPSA) is 43.4 Å². The Hall–Kier alpha value is -0.160. The van der Waals surface area contributed by atoms with Gasteiger partial charge in [-0.05, 0) is 25.0 Å². The molecular weight excluding hydrogens is 307 g/mol. The molecule has 0 saturated carbocycles. The van der Waals surface area contributed by atoms with Crippen molar-refractivity contribution in [1.29, 1.82) is 0 Å². The van der Waals surface area contributed by atoms with Gasteiger partial charge in [0.1, 0.15) is 10.8 Å². The van der Waals surface area contributed by atoms with Crippen molar-refractivity contribution < 1.29 is 13.2 Å². The average Bonchev–Trinajstić information content (AvgIpc) is 2.22. The molecule has 0 spiro atoms. The third-order valence-electron chi connectivity index (χ3n) is 1.96. The van der Waals surface area contributed by atoms with Crippen LogP contribution >= 0.6 is 33.9 Å². The Bertz CT molecular complexity index is 474. The molecule has 7 heteroatoms. The van der Waals surface area contributed by atoms with E-state index < -0.39 is 9.05 Å². The molecule has 0 saturated heterocycles. The van der Waals surface area contributed by atoms with E-state index in [4.69, 9.17) is 38.6 Å². The predicted octanol–water partition coefficient (Wildman–Crippen LogP) is 3.72. The molecule has 0 radical (unpaired) electrons. The Balaban J connectivity index is 2.34. The molecule has 0 aliphatic rings. The minimum atomic E-state index is -3.41. The molecule has 0 amide bonds. The van der Waals surface area contributed by atoms with E-state index in [2.05, 4.69) is 0 Å². The number of hydrogen-bond donors (Lipinski definition) is 0. The molecule has 0 heterocycles. The maximum Gasteiger partial charge on any atom is 0.232 e. The predicted molar refractivity (Wildman–Crippen MR) is 70.8 cm³/mol. The molecule has 0 aromatic heterocycles. The van der Waals surface area contributed by atoms with Crippen molar-refractivity contribution in [2.45, 2.75) is 12.8 Å². The van der Waals surface area contributed by atoms with Crippen LogP contribution in [-0.4, -0.2) is 20.8 Å². The van der Waals surface area contributed by atoms with Gasteiger partial charge in [-0.2, -0.15) is 0 Å². The minimum Gasteiger partial charge on any atom is -0.492 e. The minimum absolute atomic E-state index is 0.0544. The fourth-order valence-corrected chi connectivity index (χ4v) is 2.38. The van der Waals surface area contributed by atoms with Crippen LogP contribution in [0, 0.1) is 0 Å². The third kappa shape index (κ3) is 5.82. The molecule has 96 valence electrons. The van der Waals surface area contributed by atoms with Gasteiger partial charge in [0.25, 0.3) is 0 Å². The summed E-state index contributed by atoms with van der Waals surface area (Å²) in [6.45, 7) is 0.368. The molecule has 0 bridgehead atoms. The molecule has 0 atom stereocenters. The van der Waals surface area contributed by atoms with Crippen molar-refractivity contribution in [3.8, 4) is 5.75 Å². The lowest BCUT2D eigenvalue weighted by molar-refractivity contribution is 0.310. The van der Waals surface area contributed by atoms with Gasteiger partial charge >= 0.3 is 0 Å². The summed E-state index contributed by atoms with van der Waals surface area (Å²) in [6, 6.07) is 5.09. The van der Waals surface area contributed by atoms with Crippen LogP contribution in [0.15, 0.2) is 18.2 Å². The van der Waals surface area contributed by atoms with E-state index in [-0.39, 0.29) is 5.75 Å². The Labute approximate surface area is 115 Å². The van der Waals surface area contributed by atoms with Gasteiger partial charge in [0.15, 0.2) is 0 Å². The molecule has 0 unspecified atom stereocenters. The first-order valence-electron chi connectivity index (χ1n) is 4.89. The summed E-state index contributed by atoms with van der Waals surface area (Å²) >= 11 is 11.7. The largest absolute Gasteiger partial charge is 0.492 e. The highest BCUT2D eigenvalue weighted by molar-refractivity contribution is 8.13. The quantitative estimate of drug-likeness (QED) is 0.593. The molecule has 0 aliphatic carbocycles. The second-order valence-electron chi connectivity index (χ2n) is 3.35. The maximum absolute atomic E-state index is 10.6. The van der Waals surface area contributed by atoms with Crippen LogP contribution in [0.25, 0.3) is 0 Å². The Morgan fingerprint density at radius 2 is 1.88 bits per heavy atom. The molecule has 3 nitrogen and oxygen atoms in total. The summed E-state index contributed by atoms with van der Waals surface area (Å²) in [5.41, 5.74) is 0. The van der Waals surface area contributed by atoms with Gasteiger partial charge in [-0.1, -0.05) is 29.3 Å². The van der Waals surface area contributed by atoms with Gasteiger partial charge in [0.2, 0.25) is 9.05 Å². The van der Waals surface area contributed by atoms with E-state index in [1.807, 2.05) is 0 Å². The molecule has 1 aromatic rings. The molecular formula is C10H11Cl3O3S. The van der Waals surface area contributed by atoms with Crippen LogP contribution in [0.5, 0.6) is 5.75 Å². The number of halogens is 3. The van der Waals surface area contributed by atoms with Crippen LogP contribution in [0.4, 0.5) is 0 Å². The van der Waals surface area contributed by atoms with Gasteiger partial charge in [0.05, 0.1) is 17.4 Å². The highest BCUT2D eigenvalue weighted by Crippen LogP contribution is 2.31. The van der Waals surface area contributed by atoms with Crippen LogP contribution in [0.3, 0.4) is 0 Å². The SMILES string of the molecule is O=S(=O)(Cl)CCCCOc1cccc(Cl)c1Cl. The maximum atomic E-state index is 10.6. The zero-order chi connectivity index (χ0) is 12.9. The molecule has 0 fully saturated rings. The van der Waals surface area contributed by atoms with Crippen LogP contribution in [0.2, 0.25) is 10.0 Å². The van der Waals surface area contributed by atoms with E-state index in [0.29, 0.717) is 35.2 Å². The lowest BCUT2D eigenvalue weighted by Crippen LogP contribution is -2.02. The normalized spacial score (nSPS) is 11.5. The van der Waals surface area contributed by atoms with Gasteiger partial charge < -0.3 is 4.74 Å². The summed E-state index contributed by atoms with van der Waals surface area (Å²) in [5, 5.41) is 0.784. The van der Waals surface area contributed by atoms with Crippen molar-refractivity contribution in [2.75, 3.05) is 12.4 Å². The standard InChI is InChI=1S/C10H11Cl3O3S/c11-8-4-3-5-9(10(8)12)16-6-1-2-7-17(13,14)15/h3-5H,1-2,6-7H2. The number of ether oxygens (including phenoxy) is 1. The molecule has 0 N–H and O–H groups in total. The van der Waals surface area contributed by atoms with Crippen LogP contribution < -0.4 is 4.74 Å². The van der Waals surface area contributed by atoms with Crippen molar-refractivity contribution in [2.24, 2.45) is 0 Å². The van der Waals surface area contributed by atoms with Gasteiger partial charge in [0, 0.05) is 10.7 Å². The van der Waals surface area contributed by atoms with Gasteiger partial charge in [-0.15, -0.1) is 0 Å². The molecule has 0 aliphatic heterocycles. The van der Waals surface area contributed by atoms with Gasteiger partial charge in [-0.25, -0.2) is 8.42 Å². The first kappa shape index (κ1) is 14.9. The summed E-state index contributed by atoms with van der Waals surface area (Å²) in [6.07, 6.45) is 1.03. The van der Waals surface area contributed by atoms with Crippen molar-refractivity contribution in [3.05, 3.63) is 28.2 Å². The summed E-state index contributed by atoms with van der Waals surface area (Å²) < 4.78 is 26.7. The average molecular weight is 318 g/mol. The highest BCUT2D eigenvalue weighted by Gasteiger charge is 2.06. The zero-order valence-electron chi connectivity index (χ0n) is 8.83. The first-order chi connectivity index (χ1) is 7.90. The number of rotatable bonds is 6. The summed E-state index contributed by atoms with van der Waals surface area (Å²) in [5.74, 6) is 0.439. The molecule has 1 rings (SSSR count). The lowest BCUT2D eigenvalue weighted by atomic mass is 10.3. The summed E-state index contributed by atoms with van der Waals surface area (Å²) in [7, 11) is 1.65. The van der Waals surface area contributed by atoms with E-state index in [9.17, 15) is 8.42 Å². The van der Waals surface area contributed by atoms with E-state index in [1.54, 1.807) is 18.2 Å². The van der Waals surface area contributed by atoms with E-state index in [1.165, 1.54) is 0 Å². The fraction of sp³-hybridized carbons (Fsp3) is 0.400. The van der Waals surface area contributed by atoms with Crippen LogP contribution in [-0.2, 0) is 9.05 Å². The highest BCUT2D eigenvalue weighted by atomic mass is 35.7. The Morgan fingerprint density at radius 3 is 2.53 bits per heavy atom. The number of benzene rings is 1. The molecule has 17 heavy (non-hydrogen) atoms. The van der Waals surface area contributed by atoms with E-state index >= 15 is 0 Å². The Kier molecular flexibility index (Phi) is 5.86. The lowest BCUT2D eigenvalue weighted by Gasteiger charge is -2.08. The number of unbranched alkanes of at least 4 members (excludes halogenated alkanes) is 1. The van der Waals surface area contributed by atoms with E-state index in [0.717, 1.165) is 0 Å². The monoisotopic (exact) mass is 316 g/mol. The Morgan fingerprint density at radius 1 is 1.18 bits per heavy atom. The van der Waals surface area contributed by atoms with Crippen LogP contribution in [0.1, 0.15) is 12.8 Å². The smallest absolute Gasteiger partial charge is 0.232 e. The number of hydrogen-bond acceptors (Lipinski definition) is 3. The van der Waals surface area contributed by atoms with Crippen molar-refractivity contribution >= 4 is 42.9 Å².